The molecule has 2 N–H and O–H groups in total. The average Bonchev–Trinajstić information content (AvgIpc) is 2.16. The first-order chi connectivity index (χ1) is 6.88. The Hall–Kier alpha value is -1.63. The van der Waals surface area contributed by atoms with Gasteiger partial charge in [0.15, 0.2) is 12.2 Å². The van der Waals surface area contributed by atoms with Crippen molar-refractivity contribution >= 4 is 17.9 Å². The molecule has 1 saturated heterocycles. The summed E-state index contributed by atoms with van der Waals surface area (Å²) < 4.78 is 9.19. The molecule has 86 valence electrons. The van der Waals surface area contributed by atoms with Crippen molar-refractivity contribution in [3.05, 3.63) is 0 Å². The van der Waals surface area contributed by atoms with Gasteiger partial charge in [-0.1, -0.05) is 0 Å². The summed E-state index contributed by atoms with van der Waals surface area (Å²) in [6, 6.07) is 0. The number of aliphatic hydroxyl groups excluding tert-OH is 1. The molecule has 2 atom stereocenters. The van der Waals surface area contributed by atoms with Crippen molar-refractivity contribution in [1.29, 1.82) is 0 Å². The van der Waals surface area contributed by atoms with Crippen LogP contribution in [0.2, 0.25) is 0 Å². The highest BCUT2D eigenvalue weighted by Gasteiger charge is 2.32. The molecule has 1 fully saturated rings. The summed E-state index contributed by atoms with van der Waals surface area (Å²) in [5.74, 6) is -2.15. The molecule has 0 aromatic carbocycles. The lowest BCUT2D eigenvalue weighted by Crippen LogP contribution is -2.40. The van der Waals surface area contributed by atoms with E-state index >= 15 is 0 Å². The van der Waals surface area contributed by atoms with E-state index < -0.39 is 36.7 Å². The Bertz CT molecular complexity index is 240. The lowest BCUT2D eigenvalue weighted by molar-refractivity contribution is -0.191. The molecule has 0 aliphatic carbocycles. The quantitative estimate of drug-likeness (QED) is 0.541. The van der Waals surface area contributed by atoms with Crippen LogP contribution in [0, 0.1) is 0 Å². The predicted molar refractivity (Wildman–Crippen MR) is 45.8 cm³/mol. The monoisotopic (exact) mass is 220 g/mol. The van der Waals surface area contributed by atoms with Gasteiger partial charge in [0.05, 0.1) is 0 Å². The molecule has 1 rings (SSSR count). The molecule has 7 nitrogen and oxygen atoms in total. The second-order valence-corrected chi connectivity index (χ2v) is 2.71. The summed E-state index contributed by atoms with van der Waals surface area (Å²) in [6.45, 7) is 2.18. The highest BCUT2D eigenvalue weighted by Crippen LogP contribution is 2.08. The van der Waals surface area contributed by atoms with Crippen molar-refractivity contribution < 1.29 is 34.1 Å². The third kappa shape index (κ3) is 4.96. The molecular formula is C8H12O7. The number of carbonyl (C=O) groups is 3. The highest BCUT2D eigenvalue weighted by molar-refractivity contribution is 5.86. The Morgan fingerprint density at radius 2 is 1.47 bits per heavy atom. The molecule has 15 heavy (non-hydrogen) atoms. The Morgan fingerprint density at radius 1 is 1.20 bits per heavy atom. The first-order valence-corrected chi connectivity index (χ1v) is 4.12. The van der Waals surface area contributed by atoms with Gasteiger partial charge in [0.2, 0.25) is 0 Å². The van der Waals surface area contributed by atoms with Crippen LogP contribution < -0.4 is 0 Å². The van der Waals surface area contributed by atoms with E-state index in [1.54, 1.807) is 0 Å². The molecular weight excluding hydrogens is 208 g/mol. The molecule has 1 heterocycles. The van der Waals surface area contributed by atoms with E-state index in [4.69, 9.17) is 15.0 Å². The Balaban J connectivity index is 0.000000336. The van der Waals surface area contributed by atoms with E-state index in [2.05, 4.69) is 9.47 Å². The fraction of sp³-hybridized carbons (Fsp3) is 0.625. The topological polar surface area (TPSA) is 110 Å². The van der Waals surface area contributed by atoms with Crippen LogP contribution in [0.3, 0.4) is 0 Å². The largest absolute Gasteiger partial charge is 0.480 e. The number of aliphatic carboxylic acids is 1. The molecule has 0 aromatic heterocycles. The van der Waals surface area contributed by atoms with Crippen molar-refractivity contribution in [1.82, 2.24) is 0 Å². The standard InChI is InChI=1S/C6H8O4.C2H4O3/c1-3-5(7)10-4(2)6(8)9-3;3-1-2(4)5/h3-4H,1-2H3;3H,1H2,(H,4,5). The second-order valence-electron chi connectivity index (χ2n) is 2.71. The van der Waals surface area contributed by atoms with Crippen molar-refractivity contribution in [3.63, 3.8) is 0 Å². The van der Waals surface area contributed by atoms with Crippen LogP contribution in [0.5, 0.6) is 0 Å². The van der Waals surface area contributed by atoms with Gasteiger partial charge in [-0.2, -0.15) is 0 Å². The normalized spacial score (nSPS) is 24.5. The van der Waals surface area contributed by atoms with Gasteiger partial charge in [-0.3, -0.25) is 0 Å². The Morgan fingerprint density at radius 3 is 1.67 bits per heavy atom. The van der Waals surface area contributed by atoms with Crippen molar-refractivity contribution in [2.45, 2.75) is 26.1 Å². The van der Waals surface area contributed by atoms with Crippen molar-refractivity contribution in [2.75, 3.05) is 6.61 Å². The number of ether oxygens (including phenoxy) is 2. The van der Waals surface area contributed by atoms with Gasteiger partial charge in [-0.15, -0.1) is 0 Å². The molecule has 0 bridgehead atoms. The van der Waals surface area contributed by atoms with Gasteiger partial charge in [-0.05, 0) is 13.8 Å². The summed E-state index contributed by atoms with van der Waals surface area (Å²) in [5, 5.41) is 15.0. The zero-order valence-electron chi connectivity index (χ0n) is 8.30. The Kier molecular flexibility index (Phi) is 5.32. The minimum atomic E-state index is -1.19. The number of cyclic esters (lactones) is 2. The van der Waals surface area contributed by atoms with Crippen LogP contribution in [0.25, 0.3) is 0 Å². The van der Waals surface area contributed by atoms with Gasteiger partial charge in [0, 0.05) is 0 Å². The van der Waals surface area contributed by atoms with Crippen LogP contribution in [0.15, 0.2) is 0 Å². The first-order valence-electron chi connectivity index (χ1n) is 4.12. The zero-order chi connectivity index (χ0) is 12.0. The number of carboxylic acids is 1. The fourth-order valence-corrected chi connectivity index (χ4v) is 0.636. The third-order valence-electron chi connectivity index (χ3n) is 1.38. The highest BCUT2D eigenvalue weighted by atomic mass is 16.6. The Labute approximate surface area is 85.6 Å². The summed E-state index contributed by atoms with van der Waals surface area (Å²) in [5.41, 5.74) is 0. The predicted octanol–water partition coefficient (Wildman–Crippen LogP) is -1.07. The van der Waals surface area contributed by atoms with Gasteiger partial charge < -0.3 is 19.7 Å². The van der Waals surface area contributed by atoms with E-state index in [0.717, 1.165) is 0 Å². The smallest absolute Gasteiger partial charge is 0.347 e. The minimum absolute atomic E-state index is 0.480. The van der Waals surface area contributed by atoms with E-state index in [1.807, 2.05) is 0 Å². The maximum Gasteiger partial charge on any atom is 0.347 e. The van der Waals surface area contributed by atoms with Crippen LogP contribution in [-0.4, -0.2) is 46.9 Å². The molecule has 1 aliphatic heterocycles. The molecule has 0 radical (unpaired) electrons. The van der Waals surface area contributed by atoms with Gasteiger partial charge in [0.1, 0.15) is 6.61 Å². The van der Waals surface area contributed by atoms with Gasteiger partial charge in [0.25, 0.3) is 0 Å². The van der Waals surface area contributed by atoms with Gasteiger partial charge in [-0.25, -0.2) is 14.4 Å². The summed E-state index contributed by atoms with van der Waals surface area (Å²) in [7, 11) is 0. The molecule has 0 saturated carbocycles. The second kappa shape index (κ2) is 5.97. The first kappa shape index (κ1) is 13.4. The van der Waals surface area contributed by atoms with Crippen molar-refractivity contribution in [3.8, 4) is 0 Å². The van der Waals surface area contributed by atoms with Crippen LogP contribution in [0.4, 0.5) is 0 Å². The van der Waals surface area contributed by atoms with Crippen LogP contribution in [-0.2, 0) is 23.9 Å². The maximum absolute atomic E-state index is 10.7. The fourth-order valence-electron chi connectivity index (χ4n) is 0.636. The molecule has 0 spiro atoms. The maximum atomic E-state index is 10.7. The van der Waals surface area contributed by atoms with Gasteiger partial charge >= 0.3 is 17.9 Å². The molecule has 2 unspecified atom stereocenters. The third-order valence-corrected chi connectivity index (χ3v) is 1.38. The number of rotatable bonds is 1. The zero-order valence-corrected chi connectivity index (χ0v) is 8.30. The van der Waals surface area contributed by atoms with Crippen molar-refractivity contribution in [2.24, 2.45) is 0 Å². The number of aliphatic hydroxyl groups is 1. The molecule has 1 aliphatic rings. The average molecular weight is 220 g/mol. The molecule has 0 amide bonds. The minimum Gasteiger partial charge on any atom is -0.480 e. The van der Waals surface area contributed by atoms with Crippen LogP contribution >= 0.6 is 0 Å². The SMILES string of the molecule is CC1OC(=O)C(C)OC1=O.O=C(O)CO. The van der Waals surface area contributed by atoms with E-state index in [1.165, 1.54) is 13.8 Å². The summed E-state index contributed by atoms with van der Waals surface area (Å²) in [4.78, 5) is 30.4. The van der Waals surface area contributed by atoms with Crippen LogP contribution in [0.1, 0.15) is 13.8 Å². The number of carbonyl (C=O) groups excluding carboxylic acids is 2. The number of carboxylic acid groups (broad SMARTS) is 1. The lowest BCUT2D eigenvalue weighted by Gasteiger charge is -2.22. The lowest BCUT2D eigenvalue weighted by atomic mass is 10.3. The van der Waals surface area contributed by atoms with E-state index in [-0.39, 0.29) is 0 Å². The van der Waals surface area contributed by atoms with E-state index in [0.29, 0.717) is 0 Å². The molecule has 7 heteroatoms. The summed E-state index contributed by atoms with van der Waals surface area (Å²) >= 11 is 0. The summed E-state index contributed by atoms with van der Waals surface area (Å²) in [6.07, 6.45) is -1.49. The number of esters is 2. The number of hydrogen-bond donors (Lipinski definition) is 2. The number of hydrogen-bond acceptors (Lipinski definition) is 6. The van der Waals surface area contributed by atoms with E-state index in [9.17, 15) is 9.59 Å². The molecule has 0 aromatic rings.